The highest BCUT2D eigenvalue weighted by Gasteiger charge is 2.21. The monoisotopic (exact) mass is 296 g/mol. The first-order valence-electron chi connectivity index (χ1n) is 6.01. The van der Waals surface area contributed by atoms with Crippen LogP contribution >= 0.6 is 0 Å². The second kappa shape index (κ2) is 6.12. The summed E-state index contributed by atoms with van der Waals surface area (Å²) in [6.07, 6.45) is 2.93. The van der Waals surface area contributed by atoms with E-state index in [4.69, 9.17) is 4.42 Å². The van der Waals surface area contributed by atoms with Gasteiger partial charge in [-0.2, -0.15) is 0 Å². The van der Waals surface area contributed by atoms with Crippen LogP contribution in [0.3, 0.4) is 0 Å². The van der Waals surface area contributed by atoms with Crippen LogP contribution in [0, 0.1) is 6.92 Å². The highest BCUT2D eigenvalue weighted by molar-refractivity contribution is 7.89. The van der Waals surface area contributed by atoms with Gasteiger partial charge in [-0.3, -0.25) is 0 Å². The predicted octanol–water partition coefficient (Wildman–Crippen LogP) is 0.576. The van der Waals surface area contributed by atoms with Gasteiger partial charge in [-0.25, -0.2) is 23.1 Å². The van der Waals surface area contributed by atoms with Crippen molar-refractivity contribution >= 4 is 10.0 Å². The van der Waals surface area contributed by atoms with Gasteiger partial charge in [-0.15, -0.1) is 0 Å². The quantitative estimate of drug-likeness (QED) is 0.809. The van der Waals surface area contributed by atoms with Crippen LogP contribution in [0.5, 0.6) is 0 Å². The molecule has 8 heteroatoms. The van der Waals surface area contributed by atoms with E-state index < -0.39 is 10.0 Å². The number of furan rings is 1. The lowest BCUT2D eigenvalue weighted by Crippen LogP contribution is -2.24. The molecule has 0 aliphatic rings. The summed E-state index contributed by atoms with van der Waals surface area (Å²) in [7, 11) is -1.86. The first-order valence-corrected chi connectivity index (χ1v) is 7.49. The van der Waals surface area contributed by atoms with E-state index in [0.717, 1.165) is 0 Å². The zero-order valence-electron chi connectivity index (χ0n) is 11.3. The summed E-state index contributed by atoms with van der Waals surface area (Å²) in [6, 6.07) is 3.17. The first kappa shape index (κ1) is 14.6. The molecule has 0 aromatic carbocycles. The van der Waals surface area contributed by atoms with Gasteiger partial charge in [0.2, 0.25) is 10.0 Å². The van der Waals surface area contributed by atoms with Gasteiger partial charge >= 0.3 is 0 Å². The summed E-state index contributed by atoms with van der Waals surface area (Å²) in [5.74, 6) is 0.942. The molecule has 0 fully saturated rings. The molecule has 20 heavy (non-hydrogen) atoms. The molecule has 0 saturated heterocycles. The van der Waals surface area contributed by atoms with Gasteiger partial charge in [0.25, 0.3) is 0 Å². The Labute approximate surface area is 117 Å². The summed E-state index contributed by atoms with van der Waals surface area (Å²) in [6.45, 7) is 2.21. The fourth-order valence-corrected chi connectivity index (χ4v) is 2.92. The van der Waals surface area contributed by atoms with E-state index in [1.807, 2.05) is 0 Å². The minimum atomic E-state index is -3.62. The number of hydrogen-bond donors (Lipinski definition) is 2. The molecule has 0 radical (unpaired) electrons. The Kier molecular flexibility index (Phi) is 4.48. The lowest BCUT2D eigenvalue weighted by molar-refractivity contribution is 0.465. The van der Waals surface area contributed by atoms with Gasteiger partial charge in [-0.1, -0.05) is 0 Å². The van der Waals surface area contributed by atoms with E-state index in [-0.39, 0.29) is 11.4 Å². The summed E-state index contributed by atoms with van der Waals surface area (Å²) < 4.78 is 32.3. The number of sulfonamides is 1. The second-order valence-corrected chi connectivity index (χ2v) is 5.92. The lowest BCUT2D eigenvalue weighted by atomic mass is 10.4. The molecule has 0 aliphatic heterocycles. The standard InChI is InChI=1S/C12H16N4O3S/c1-9-12(5-11(19-9)7-13-2)20(17,18)16-6-10-3-4-14-8-15-10/h3-5,8,13,16H,6-7H2,1-2H3. The van der Waals surface area contributed by atoms with E-state index in [1.54, 1.807) is 26.2 Å². The molecule has 0 atom stereocenters. The zero-order chi connectivity index (χ0) is 14.6. The maximum Gasteiger partial charge on any atom is 0.244 e. The van der Waals surface area contributed by atoms with Crippen molar-refractivity contribution < 1.29 is 12.8 Å². The Morgan fingerprint density at radius 2 is 2.15 bits per heavy atom. The van der Waals surface area contributed by atoms with Crippen LogP contribution < -0.4 is 10.0 Å². The van der Waals surface area contributed by atoms with Crippen molar-refractivity contribution in [3.8, 4) is 0 Å². The number of aromatic nitrogens is 2. The van der Waals surface area contributed by atoms with Gasteiger partial charge in [0.15, 0.2) is 0 Å². The minimum Gasteiger partial charge on any atom is -0.464 e. The maximum absolute atomic E-state index is 12.2. The van der Waals surface area contributed by atoms with Crippen LogP contribution in [0.4, 0.5) is 0 Å². The summed E-state index contributed by atoms with van der Waals surface area (Å²) in [5, 5.41) is 2.91. The largest absolute Gasteiger partial charge is 0.464 e. The highest BCUT2D eigenvalue weighted by atomic mass is 32.2. The second-order valence-electron chi connectivity index (χ2n) is 4.19. The Morgan fingerprint density at radius 3 is 2.80 bits per heavy atom. The van der Waals surface area contributed by atoms with Crippen LogP contribution in [0.25, 0.3) is 0 Å². The van der Waals surface area contributed by atoms with Crippen molar-refractivity contribution in [3.05, 3.63) is 41.9 Å². The molecule has 2 heterocycles. The zero-order valence-corrected chi connectivity index (χ0v) is 12.1. The molecule has 0 spiro atoms. The number of aryl methyl sites for hydroxylation is 1. The predicted molar refractivity (Wildman–Crippen MR) is 72.3 cm³/mol. The van der Waals surface area contributed by atoms with Gasteiger partial charge in [0.05, 0.1) is 18.8 Å². The third-order valence-corrected chi connectivity index (χ3v) is 4.16. The fraction of sp³-hybridized carbons (Fsp3) is 0.333. The molecular formula is C12H16N4O3S. The molecular weight excluding hydrogens is 280 g/mol. The molecule has 0 saturated carbocycles. The van der Waals surface area contributed by atoms with Gasteiger partial charge in [-0.05, 0) is 20.0 Å². The third-order valence-electron chi connectivity index (χ3n) is 2.65. The molecule has 108 valence electrons. The van der Waals surface area contributed by atoms with Crippen LogP contribution in [-0.2, 0) is 23.1 Å². The Bertz CT molecular complexity index is 667. The van der Waals surface area contributed by atoms with Crippen molar-refractivity contribution in [3.63, 3.8) is 0 Å². The summed E-state index contributed by atoms with van der Waals surface area (Å²) >= 11 is 0. The van der Waals surface area contributed by atoms with Gasteiger partial charge < -0.3 is 9.73 Å². The molecule has 0 amide bonds. The van der Waals surface area contributed by atoms with E-state index >= 15 is 0 Å². The Hall–Kier alpha value is -1.77. The van der Waals surface area contributed by atoms with Crippen molar-refractivity contribution in [1.82, 2.24) is 20.0 Å². The Balaban J connectivity index is 2.14. The van der Waals surface area contributed by atoms with Gasteiger partial charge in [0, 0.05) is 12.3 Å². The molecule has 2 aromatic heterocycles. The summed E-state index contributed by atoms with van der Waals surface area (Å²) in [5.41, 5.74) is 0.597. The van der Waals surface area contributed by atoms with Gasteiger partial charge in [0.1, 0.15) is 22.7 Å². The van der Waals surface area contributed by atoms with Crippen LogP contribution in [0.2, 0.25) is 0 Å². The van der Waals surface area contributed by atoms with E-state index in [2.05, 4.69) is 20.0 Å². The number of nitrogens with one attached hydrogen (secondary N) is 2. The van der Waals surface area contributed by atoms with Crippen molar-refractivity contribution in [1.29, 1.82) is 0 Å². The highest BCUT2D eigenvalue weighted by Crippen LogP contribution is 2.19. The SMILES string of the molecule is CNCc1cc(S(=O)(=O)NCc2ccncn2)c(C)o1. The summed E-state index contributed by atoms with van der Waals surface area (Å²) in [4.78, 5) is 7.89. The van der Waals surface area contributed by atoms with Crippen molar-refractivity contribution in [2.75, 3.05) is 7.05 Å². The average Bonchev–Trinajstić information content (AvgIpc) is 2.80. The normalized spacial score (nSPS) is 11.7. The number of nitrogens with zero attached hydrogens (tertiary/aromatic N) is 2. The van der Waals surface area contributed by atoms with E-state index in [1.165, 1.54) is 12.4 Å². The fourth-order valence-electron chi connectivity index (χ4n) is 1.72. The minimum absolute atomic E-state index is 0.108. The average molecular weight is 296 g/mol. The molecule has 2 rings (SSSR count). The molecule has 0 unspecified atom stereocenters. The molecule has 0 aliphatic carbocycles. The Morgan fingerprint density at radius 1 is 1.35 bits per heavy atom. The molecule has 2 aromatic rings. The van der Waals surface area contributed by atoms with E-state index in [9.17, 15) is 8.42 Å². The smallest absolute Gasteiger partial charge is 0.244 e. The topological polar surface area (TPSA) is 97.1 Å². The lowest BCUT2D eigenvalue weighted by Gasteiger charge is -2.04. The molecule has 2 N–H and O–H groups in total. The number of hydrogen-bond acceptors (Lipinski definition) is 6. The molecule has 7 nitrogen and oxygen atoms in total. The van der Waals surface area contributed by atoms with E-state index in [0.29, 0.717) is 23.8 Å². The van der Waals surface area contributed by atoms with Crippen molar-refractivity contribution in [2.24, 2.45) is 0 Å². The van der Waals surface area contributed by atoms with Crippen LogP contribution in [-0.4, -0.2) is 25.4 Å². The first-order chi connectivity index (χ1) is 9.53. The third kappa shape index (κ3) is 3.41. The maximum atomic E-state index is 12.2. The molecule has 0 bridgehead atoms. The van der Waals surface area contributed by atoms with Crippen LogP contribution in [0.15, 0.2) is 34.0 Å². The van der Waals surface area contributed by atoms with Crippen LogP contribution in [0.1, 0.15) is 17.2 Å². The van der Waals surface area contributed by atoms with Crippen molar-refractivity contribution in [2.45, 2.75) is 24.9 Å². The number of rotatable bonds is 6.